The maximum atomic E-state index is 12.1. The van der Waals surface area contributed by atoms with Crippen LogP contribution in [0.2, 0.25) is 0 Å². The molecular formula is C11H24N2O3S. The summed E-state index contributed by atoms with van der Waals surface area (Å²) in [5.74, 6) is 0.192. The van der Waals surface area contributed by atoms with Crippen molar-refractivity contribution in [2.45, 2.75) is 38.3 Å². The smallest absolute Gasteiger partial charge is 0.215 e. The molecule has 0 aromatic rings. The van der Waals surface area contributed by atoms with Crippen molar-refractivity contribution >= 4 is 10.0 Å². The van der Waals surface area contributed by atoms with Crippen molar-refractivity contribution in [3.05, 3.63) is 0 Å². The number of nitrogens with zero attached hydrogens (tertiary/aromatic N) is 1. The van der Waals surface area contributed by atoms with E-state index >= 15 is 0 Å². The molecule has 1 saturated heterocycles. The molecule has 0 radical (unpaired) electrons. The summed E-state index contributed by atoms with van der Waals surface area (Å²) in [4.78, 5) is 0. The average Bonchev–Trinajstić information content (AvgIpc) is 2.29. The molecule has 0 aromatic heterocycles. The summed E-state index contributed by atoms with van der Waals surface area (Å²) < 4.78 is 30.7. The van der Waals surface area contributed by atoms with Crippen LogP contribution in [0.3, 0.4) is 0 Å². The van der Waals surface area contributed by atoms with E-state index < -0.39 is 10.0 Å². The fraction of sp³-hybridized carbons (Fsp3) is 1.00. The van der Waals surface area contributed by atoms with Crippen molar-refractivity contribution in [1.82, 2.24) is 9.62 Å². The van der Waals surface area contributed by atoms with Gasteiger partial charge in [-0.15, -0.1) is 0 Å². The molecule has 6 heteroatoms. The largest absolute Gasteiger partial charge is 0.383 e. The van der Waals surface area contributed by atoms with E-state index in [1.54, 1.807) is 14.2 Å². The van der Waals surface area contributed by atoms with Crippen LogP contribution in [0.1, 0.15) is 26.2 Å². The minimum absolute atomic E-state index is 0.103. The SMILES string of the molecule is COCC(C)N(C)S(=O)(=O)CC1CCCCN1. The number of hydrogen-bond acceptors (Lipinski definition) is 4. The molecule has 1 fully saturated rings. The topological polar surface area (TPSA) is 58.6 Å². The Bertz CT molecular complexity index is 313. The minimum Gasteiger partial charge on any atom is -0.383 e. The second-order valence-electron chi connectivity index (χ2n) is 4.75. The summed E-state index contributed by atoms with van der Waals surface area (Å²) in [6.07, 6.45) is 3.21. The third kappa shape index (κ3) is 4.54. The zero-order valence-corrected chi connectivity index (χ0v) is 11.8. The lowest BCUT2D eigenvalue weighted by molar-refractivity contribution is 0.149. The zero-order valence-electron chi connectivity index (χ0n) is 11.0. The third-order valence-electron chi connectivity index (χ3n) is 3.29. The molecule has 0 aromatic carbocycles. The normalized spacial score (nSPS) is 23.9. The number of likely N-dealkylation sites (N-methyl/N-ethyl adjacent to an activating group) is 1. The summed E-state index contributed by atoms with van der Waals surface area (Å²) in [6, 6.07) is -0.0143. The number of ether oxygens (including phenoxy) is 1. The Kier molecular flexibility index (Phi) is 5.85. The van der Waals surface area contributed by atoms with Crippen molar-refractivity contribution in [3.63, 3.8) is 0 Å². The van der Waals surface area contributed by atoms with E-state index in [0.29, 0.717) is 6.61 Å². The third-order valence-corrected chi connectivity index (χ3v) is 5.35. The molecule has 0 saturated carbocycles. The summed E-state index contributed by atoms with van der Waals surface area (Å²) in [5, 5.41) is 3.26. The maximum absolute atomic E-state index is 12.1. The van der Waals surface area contributed by atoms with Crippen molar-refractivity contribution in [3.8, 4) is 0 Å². The highest BCUT2D eigenvalue weighted by atomic mass is 32.2. The molecule has 0 aliphatic carbocycles. The first-order valence-electron chi connectivity index (χ1n) is 6.15. The number of sulfonamides is 1. The maximum Gasteiger partial charge on any atom is 0.215 e. The zero-order chi connectivity index (χ0) is 12.9. The van der Waals surface area contributed by atoms with E-state index in [9.17, 15) is 8.42 Å². The second-order valence-corrected chi connectivity index (χ2v) is 6.82. The molecule has 0 bridgehead atoms. The van der Waals surface area contributed by atoms with Crippen LogP contribution in [0.15, 0.2) is 0 Å². The molecule has 5 nitrogen and oxygen atoms in total. The van der Waals surface area contributed by atoms with E-state index in [0.717, 1.165) is 25.8 Å². The van der Waals surface area contributed by atoms with Crippen molar-refractivity contribution in [2.75, 3.05) is 33.1 Å². The minimum atomic E-state index is -3.19. The summed E-state index contributed by atoms with van der Waals surface area (Å²) in [6.45, 7) is 3.21. The molecule has 0 spiro atoms. The predicted octanol–water partition coefficient (Wildman–Crippen LogP) is 0.425. The number of piperidine rings is 1. The van der Waals surface area contributed by atoms with E-state index in [2.05, 4.69) is 5.32 Å². The Balaban J connectivity index is 2.54. The average molecular weight is 264 g/mol. The Morgan fingerprint density at radius 2 is 2.18 bits per heavy atom. The van der Waals surface area contributed by atoms with E-state index in [1.165, 1.54) is 4.31 Å². The van der Waals surface area contributed by atoms with Gasteiger partial charge in [-0.3, -0.25) is 0 Å². The highest BCUT2D eigenvalue weighted by Gasteiger charge is 2.27. The standard InChI is InChI=1S/C11H24N2O3S/c1-10(8-16-3)13(2)17(14,15)9-11-6-4-5-7-12-11/h10-12H,4-9H2,1-3H3. The first-order valence-corrected chi connectivity index (χ1v) is 7.76. The Labute approximate surface area is 105 Å². The van der Waals surface area contributed by atoms with Gasteiger partial charge in [-0.1, -0.05) is 6.42 Å². The van der Waals surface area contributed by atoms with Gasteiger partial charge in [0.05, 0.1) is 12.4 Å². The number of nitrogens with one attached hydrogen (secondary N) is 1. The van der Waals surface area contributed by atoms with Crippen LogP contribution in [-0.2, 0) is 14.8 Å². The van der Waals surface area contributed by atoms with Gasteiger partial charge < -0.3 is 10.1 Å². The lowest BCUT2D eigenvalue weighted by Crippen LogP contribution is -2.46. The Hall–Kier alpha value is -0.170. The molecule has 1 heterocycles. The molecule has 1 aliphatic heterocycles. The molecule has 2 atom stereocenters. The van der Waals surface area contributed by atoms with Crippen LogP contribution >= 0.6 is 0 Å². The van der Waals surface area contributed by atoms with Crippen LogP contribution in [0.5, 0.6) is 0 Å². The van der Waals surface area contributed by atoms with Crippen molar-refractivity contribution in [2.24, 2.45) is 0 Å². The number of rotatable bonds is 6. The van der Waals surface area contributed by atoms with Crippen LogP contribution in [-0.4, -0.2) is 57.9 Å². The highest BCUT2D eigenvalue weighted by Crippen LogP contribution is 2.12. The van der Waals surface area contributed by atoms with Crippen LogP contribution < -0.4 is 5.32 Å². The van der Waals surface area contributed by atoms with E-state index in [4.69, 9.17) is 4.74 Å². The lowest BCUT2D eigenvalue weighted by atomic mass is 10.1. The molecule has 2 unspecified atom stereocenters. The molecule has 17 heavy (non-hydrogen) atoms. The second kappa shape index (κ2) is 6.68. The van der Waals surface area contributed by atoms with Crippen molar-refractivity contribution in [1.29, 1.82) is 0 Å². The van der Waals surface area contributed by atoms with Gasteiger partial charge in [0.1, 0.15) is 0 Å². The molecule has 1 rings (SSSR count). The summed E-state index contributed by atoms with van der Waals surface area (Å²) in [7, 11) is 0.0193. The monoisotopic (exact) mass is 264 g/mol. The first-order chi connectivity index (χ1) is 7.97. The predicted molar refractivity (Wildman–Crippen MR) is 68.5 cm³/mol. The molecule has 1 N–H and O–H groups in total. The summed E-state index contributed by atoms with van der Waals surface area (Å²) in [5.41, 5.74) is 0. The molecular weight excluding hydrogens is 240 g/mol. The van der Waals surface area contributed by atoms with Gasteiger partial charge in [0.25, 0.3) is 0 Å². The van der Waals surface area contributed by atoms with Gasteiger partial charge in [0, 0.05) is 26.2 Å². The van der Waals surface area contributed by atoms with Gasteiger partial charge in [-0.25, -0.2) is 8.42 Å². The highest BCUT2D eigenvalue weighted by molar-refractivity contribution is 7.89. The van der Waals surface area contributed by atoms with Gasteiger partial charge in [0.15, 0.2) is 0 Å². The number of methoxy groups -OCH3 is 1. The Morgan fingerprint density at radius 1 is 1.47 bits per heavy atom. The van der Waals surface area contributed by atoms with Crippen LogP contribution in [0.25, 0.3) is 0 Å². The summed E-state index contributed by atoms with van der Waals surface area (Å²) >= 11 is 0. The van der Waals surface area contributed by atoms with Gasteiger partial charge >= 0.3 is 0 Å². The fourth-order valence-electron chi connectivity index (χ4n) is 2.06. The van der Waals surface area contributed by atoms with Gasteiger partial charge in [-0.05, 0) is 26.3 Å². The Morgan fingerprint density at radius 3 is 2.71 bits per heavy atom. The van der Waals surface area contributed by atoms with Gasteiger partial charge in [0.2, 0.25) is 10.0 Å². The van der Waals surface area contributed by atoms with Crippen LogP contribution in [0, 0.1) is 0 Å². The van der Waals surface area contributed by atoms with Gasteiger partial charge in [-0.2, -0.15) is 4.31 Å². The van der Waals surface area contributed by atoms with Crippen LogP contribution in [0.4, 0.5) is 0 Å². The molecule has 0 amide bonds. The van der Waals surface area contributed by atoms with E-state index in [1.807, 2.05) is 6.92 Å². The fourth-order valence-corrected chi connectivity index (χ4v) is 3.70. The molecule has 1 aliphatic rings. The lowest BCUT2D eigenvalue weighted by Gasteiger charge is -2.28. The molecule has 102 valence electrons. The number of hydrogen-bond donors (Lipinski definition) is 1. The van der Waals surface area contributed by atoms with E-state index in [-0.39, 0.29) is 17.8 Å². The van der Waals surface area contributed by atoms with Crippen molar-refractivity contribution < 1.29 is 13.2 Å². The quantitative estimate of drug-likeness (QED) is 0.755. The first kappa shape index (κ1) is 14.9.